The van der Waals surface area contributed by atoms with Gasteiger partial charge in [0.05, 0.1) is 5.02 Å². The molecule has 2 nitrogen and oxygen atoms in total. The van der Waals surface area contributed by atoms with Crippen molar-refractivity contribution in [3.05, 3.63) is 34.5 Å². The Bertz CT molecular complexity index is 471. The minimum Gasteiger partial charge on any atom is -0.461 e. The maximum Gasteiger partial charge on any atom is 0.151 e. The summed E-state index contributed by atoms with van der Waals surface area (Å²) in [5.41, 5.74) is 1.21. The van der Waals surface area contributed by atoms with Gasteiger partial charge in [0.15, 0.2) is 6.29 Å². The van der Waals surface area contributed by atoms with Crippen LogP contribution in [0.4, 0.5) is 0 Å². The number of aryl methyl sites for hydroxylation is 1. The summed E-state index contributed by atoms with van der Waals surface area (Å²) in [6.07, 6.45) is 0.740. The fourth-order valence-corrected chi connectivity index (χ4v) is 1.57. The summed E-state index contributed by atoms with van der Waals surface area (Å²) in [5, 5.41) is 1.26. The van der Waals surface area contributed by atoms with Crippen molar-refractivity contribution in [2.24, 2.45) is 0 Å². The van der Waals surface area contributed by atoms with Gasteiger partial charge in [-0.25, -0.2) is 0 Å². The molecule has 0 bridgehead atoms. The van der Waals surface area contributed by atoms with E-state index >= 15 is 0 Å². The summed E-state index contributed by atoms with van der Waals surface area (Å²) in [6, 6.07) is 5.23. The summed E-state index contributed by atoms with van der Waals surface area (Å²) in [4.78, 5) is 10.6. The third-order valence-electron chi connectivity index (χ3n) is 1.92. The Kier molecular flexibility index (Phi) is 1.85. The van der Waals surface area contributed by atoms with Gasteiger partial charge in [-0.05, 0) is 25.1 Å². The summed E-state index contributed by atoms with van der Waals surface area (Å²) in [7, 11) is 0. The van der Waals surface area contributed by atoms with Crippen molar-refractivity contribution in [3.8, 4) is 0 Å². The second-order valence-corrected chi connectivity index (χ2v) is 3.23. The summed E-state index contributed by atoms with van der Waals surface area (Å²) in [5.74, 6) is 0.792. The predicted octanol–water partition coefficient (Wildman–Crippen LogP) is 3.21. The van der Waals surface area contributed by atoms with Crippen LogP contribution in [0.2, 0.25) is 5.02 Å². The first-order chi connectivity index (χ1) is 6.22. The minimum absolute atomic E-state index is 0.462. The number of aldehydes is 1. The van der Waals surface area contributed by atoms with Gasteiger partial charge >= 0.3 is 0 Å². The molecule has 1 aromatic heterocycles. The molecule has 1 aromatic carbocycles. The van der Waals surface area contributed by atoms with E-state index in [0.29, 0.717) is 16.2 Å². The molecule has 66 valence electrons. The van der Waals surface area contributed by atoms with Gasteiger partial charge in [0.1, 0.15) is 11.3 Å². The van der Waals surface area contributed by atoms with E-state index < -0.39 is 0 Å². The maximum absolute atomic E-state index is 10.6. The number of benzene rings is 1. The number of halogens is 1. The van der Waals surface area contributed by atoms with Gasteiger partial charge in [0.25, 0.3) is 0 Å². The molecule has 13 heavy (non-hydrogen) atoms. The van der Waals surface area contributed by atoms with Crippen LogP contribution in [0.15, 0.2) is 22.6 Å². The molecule has 0 N–H and O–H groups in total. The average Bonchev–Trinajstić information content (AvgIpc) is 2.47. The topological polar surface area (TPSA) is 30.2 Å². The third-order valence-corrected chi connectivity index (χ3v) is 2.34. The number of hydrogen-bond donors (Lipinski definition) is 0. The second kappa shape index (κ2) is 2.89. The SMILES string of the molecule is Cc1cc2c(Cl)c(C=O)ccc2o1. The lowest BCUT2D eigenvalue weighted by molar-refractivity contribution is 0.112. The molecule has 0 spiro atoms. The van der Waals surface area contributed by atoms with Crippen LogP contribution in [0.5, 0.6) is 0 Å². The molecule has 0 radical (unpaired) electrons. The molecule has 0 fully saturated rings. The van der Waals surface area contributed by atoms with E-state index in [0.717, 1.165) is 17.4 Å². The first-order valence-corrected chi connectivity index (χ1v) is 4.24. The summed E-state index contributed by atoms with van der Waals surface area (Å²) < 4.78 is 5.35. The molecule has 0 aliphatic rings. The maximum atomic E-state index is 10.6. The Balaban J connectivity index is 2.85. The summed E-state index contributed by atoms with van der Waals surface area (Å²) in [6.45, 7) is 1.84. The van der Waals surface area contributed by atoms with Gasteiger partial charge in [0.2, 0.25) is 0 Å². The third kappa shape index (κ3) is 1.23. The highest BCUT2D eigenvalue weighted by Crippen LogP contribution is 2.28. The monoisotopic (exact) mass is 194 g/mol. The molecule has 0 saturated carbocycles. The Hall–Kier alpha value is -1.28. The molecule has 2 rings (SSSR count). The van der Waals surface area contributed by atoms with Crippen molar-refractivity contribution in [2.45, 2.75) is 6.92 Å². The largest absolute Gasteiger partial charge is 0.461 e. The number of furan rings is 1. The van der Waals surface area contributed by atoms with Crippen LogP contribution in [0, 0.1) is 6.92 Å². The molecular weight excluding hydrogens is 188 g/mol. The van der Waals surface area contributed by atoms with Crippen molar-refractivity contribution in [1.29, 1.82) is 0 Å². The zero-order valence-corrected chi connectivity index (χ0v) is 7.76. The van der Waals surface area contributed by atoms with Crippen molar-refractivity contribution < 1.29 is 9.21 Å². The molecule has 0 unspecified atom stereocenters. The van der Waals surface area contributed by atoms with Gasteiger partial charge in [-0.2, -0.15) is 0 Å². The lowest BCUT2D eigenvalue weighted by Crippen LogP contribution is -1.80. The van der Waals surface area contributed by atoms with Crippen LogP contribution in [0.25, 0.3) is 11.0 Å². The van der Waals surface area contributed by atoms with Gasteiger partial charge in [0, 0.05) is 10.9 Å². The average molecular weight is 195 g/mol. The standard InChI is InChI=1S/C10H7ClO2/c1-6-4-8-9(13-6)3-2-7(5-12)10(8)11/h2-5H,1H3. The molecule has 0 amide bonds. The van der Waals surface area contributed by atoms with Crippen LogP contribution in [-0.2, 0) is 0 Å². The van der Waals surface area contributed by atoms with Gasteiger partial charge in [-0.15, -0.1) is 0 Å². The lowest BCUT2D eigenvalue weighted by atomic mass is 10.2. The van der Waals surface area contributed by atoms with Gasteiger partial charge in [-0.3, -0.25) is 4.79 Å². The molecule has 1 heterocycles. The molecular formula is C10H7ClO2. The van der Waals surface area contributed by atoms with Crippen LogP contribution >= 0.6 is 11.6 Å². The van der Waals surface area contributed by atoms with Crippen LogP contribution in [0.3, 0.4) is 0 Å². The fourth-order valence-electron chi connectivity index (χ4n) is 1.31. The smallest absolute Gasteiger partial charge is 0.151 e. The normalized spacial score (nSPS) is 10.6. The highest BCUT2D eigenvalue weighted by Gasteiger charge is 2.07. The quantitative estimate of drug-likeness (QED) is 0.653. The summed E-state index contributed by atoms with van der Waals surface area (Å²) >= 11 is 5.96. The Morgan fingerprint density at radius 3 is 2.92 bits per heavy atom. The fraction of sp³-hybridized carbons (Fsp3) is 0.100. The zero-order valence-electron chi connectivity index (χ0n) is 7.00. The molecule has 0 saturated heterocycles. The van der Waals surface area contributed by atoms with E-state index in [4.69, 9.17) is 16.0 Å². The van der Waals surface area contributed by atoms with E-state index in [1.807, 2.05) is 13.0 Å². The highest BCUT2D eigenvalue weighted by molar-refractivity contribution is 6.37. The predicted molar refractivity (Wildman–Crippen MR) is 51.3 cm³/mol. The van der Waals surface area contributed by atoms with E-state index in [1.54, 1.807) is 12.1 Å². The van der Waals surface area contributed by atoms with Crippen LogP contribution in [0.1, 0.15) is 16.1 Å². The van der Waals surface area contributed by atoms with Gasteiger partial charge in [-0.1, -0.05) is 11.6 Å². The van der Waals surface area contributed by atoms with Gasteiger partial charge < -0.3 is 4.42 Å². The first kappa shape index (κ1) is 8.32. The van der Waals surface area contributed by atoms with E-state index in [2.05, 4.69) is 0 Å². The second-order valence-electron chi connectivity index (χ2n) is 2.86. The zero-order chi connectivity index (χ0) is 9.42. The molecule has 0 atom stereocenters. The lowest BCUT2D eigenvalue weighted by Gasteiger charge is -1.95. The number of carbonyl (C=O) groups is 1. The number of hydrogen-bond acceptors (Lipinski definition) is 2. The van der Waals surface area contributed by atoms with E-state index in [1.165, 1.54) is 0 Å². The van der Waals surface area contributed by atoms with Crippen molar-refractivity contribution in [3.63, 3.8) is 0 Å². The number of rotatable bonds is 1. The highest BCUT2D eigenvalue weighted by atomic mass is 35.5. The molecule has 2 aromatic rings. The van der Waals surface area contributed by atoms with E-state index in [9.17, 15) is 4.79 Å². The Morgan fingerprint density at radius 1 is 1.46 bits per heavy atom. The van der Waals surface area contributed by atoms with Crippen molar-refractivity contribution in [2.75, 3.05) is 0 Å². The Labute approximate surface area is 80.1 Å². The number of carbonyl (C=O) groups excluding carboxylic acids is 1. The molecule has 0 aliphatic heterocycles. The molecule has 0 aliphatic carbocycles. The first-order valence-electron chi connectivity index (χ1n) is 3.86. The Morgan fingerprint density at radius 2 is 2.23 bits per heavy atom. The van der Waals surface area contributed by atoms with Crippen LogP contribution < -0.4 is 0 Å². The molecule has 3 heteroatoms. The van der Waals surface area contributed by atoms with Crippen LogP contribution in [-0.4, -0.2) is 6.29 Å². The minimum atomic E-state index is 0.462. The number of fused-ring (bicyclic) bond motifs is 1. The van der Waals surface area contributed by atoms with Crippen molar-refractivity contribution >= 4 is 28.9 Å². The van der Waals surface area contributed by atoms with Crippen molar-refractivity contribution in [1.82, 2.24) is 0 Å². The van der Waals surface area contributed by atoms with E-state index in [-0.39, 0.29) is 0 Å².